The molecule has 2 aromatic carbocycles. The highest BCUT2D eigenvalue weighted by Gasteiger charge is 2.29. The average molecular weight is 412 g/mol. The van der Waals surface area contributed by atoms with Crippen molar-refractivity contribution in [2.75, 3.05) is 13.1 Å². The van der Waals surface area contributed by atoms with Crippen molar-refractivity contribution >= 4 is 11.6 Å². The minimum atomic E-state index is 0.0470. The largest absolute Gasteiger partial charge is 0.489 e. The quantitative estimate of drug-likeness (QED) is 0.490. The molecule has 156 valence electrons. The van der Waals surface area contributed by atoms with E-state index < -0.39 is 0 Å². The Hall–Kier alpha value is -3.67. The third kappa shape index (κ3) is 4.01. The fourth-order valence-electron chi connectivity index (χ4n) is 4.21. The molecule has 1 amide bonds. The van der Waals surface area contributed by atoms with E-state index in [1.807, 2.05) is 88.3 Å². The Morgan fingerprint density at radius 2 is 1.77 bits per heavy atom. The summed E-state index contributed by atoms with van der Waals surface area (Å²) in [5.74, 6) is 1.93. The molecule has 0 spiro atoms. The molecule has 6 heteroatoms. The van der Waals surface area contributed by atoms with Crippen LogP contribution in [-0.4, -0.2) is 38.5 Å². The highest BCUT2D eigenvalue weighted by atomic mass is 16.5. The number of rotatable bonds is 5. The van der Waals surface area contributed by atoms with Crippen LogP contribution in [0.5, 0.6) is 5.75 Å². The predicted molar refractivity (Wildman–Crippen MR) is 118 cm³/mol. The van der Waals surface area contributed by atoms with E-state index in [9.17, 15) is 4.79 Å². The first-order chi connectivity index (χ1) is 15.3. The number of amides is 1. The molecule has 1 aliphatic rings. The van der Waals surface area contributed by atoms with Crippen LogP contribution >= 0.6 is 0 Å². The first-order valence-electron chi connectivity index (χ1n) is 10.6. The first kappa shape index (κ1) is 19.3. The van der Waals surface area contributed by atoms with E-state index in [0.29, 0.717) is 18.7 Å². The SMILES string of the molecule is O=C(c1ccccc1COc1ccccc1)N1CCCC(c2nnc3ccccn23)C1. The molecule has 1 saturated heterocycles. The van der Waals surface area contributed by atoms with Crippen LogP contribution in [0.4, 0.5) is 0 Å². The van der Waals surface area contributed by atoms with Crippen molar-refractivity contribution in [2.24, 2.45) is 0 Å². The van der Waals surface area contributed by atoms with E-state index in [-0.39, 0.29) is 11.8 Å². The number of benzene rings is 2. The number of aromatic nitrogens is 3. The monoisotopic (exact) mass is 412 g/mol. The van der Waals surface area contributed by atoms with Gasteiger partial charge in [-0.3, -0.25) is 9.20 Å². The van der Waals surface area contributed by atoms with Crippen molar-refractivity contribution < 1.29 is 9.53 Å². The number of likely N-dealkylation sites (tertiary alicyclic amines) is 1. The molecule has 5 rings (SSSR count). The topological polar surface area (TPSA) is 59.7 Å². The number of hydrogen-bond acceptors (Lipinski definition) is 4. The van der Waals surface area contributed by atoms with Gasteiger partial charge in [0.15, 0.2) is 5.65 Å². The summed E-state index contributed by atoms with van der Waals surface area (Å²) in [5.41, 5.74) is 2.43. The summed E-state index contributed by atoms with van der Waals surface area (Å²) < 4.78 is 7.93. The van der Waals surface area contributed by atoms with Crippen molar-refractivity contribution in [3.8, 4) is 5.75 Å². The summed E-state index contributed by atoms with van der Waals surface area (Å²) in [7, 11) is 0. The maximum atomic E-state index is 13.4. The number of piperidine rings is 1. The van der Waals surface area contributed by atoms with Gasteiger partial charge in [0.05, 0.1) is 0 Å². The van der Waals surface area contributed by atoms with Crippen LogP contribution in [0.15, 0.2) is 79.0 Å². The minimum Gasteiger partial charge on any atom is -0.489 e. The molecule has 0 N–H and O–H groups in total. The van der Waals surface area contributed by atoms with Gasteiger partial charge in [-0.1, -0.05) is 42.5 Å². The van der Waals surface area contributed by atoms with Gasteiger partial charge in [-0.2, -0.15) is 0 Å². The van der Waals surface area contributed by atoms with Gasteiger partial charge in [0.2, 0.25) is 0 Å². The Balaban J connectivity index is 1.34. The lowest BCUT2D eigenvalue weighted by Gasteiger charge is -2.32. The molecule has 3 heterocycles. The molecule has 1 unspecified atom stereocenters. The van der Waals surface area contributed by atoms with Crippen molar-refractivity contribution in [1.29, 1.82) is 0 Å². The minimum absolute atomic E-state index is 0.0470. The summed E-state index contributed by atoms with van der Waals surface area (Å²) in [6.07, 6.45) is 3.93. The number of ether oxygens (including phenoxy) is 1. The standard InChI is InChI=1S/C25H24N4O2/c30-25(22-13-5-4-9-20(22)18-31-21-11-2-1-3-12-21)28-15-8-10-19(17-28)24-27-26-23-14-6-7-16-29(23)24/h1-7,9,11-14,16,19H,8,10,15,17-18H2. The van der Waals surface area contributed by atoms with Gasteiger partial charge in [-0.25, -0.2) is 0 Å². The van der Waals surface area contributed by atoms with Crippen LogP contribution < -0.4 is 4.74 Å². The van der Waals surface area contributed by atoms with Crippen LogP contribution in [0.3, 0.4) is 0 Å². The molecule has 6 nitrogen and oxygen atoms in total. The Kier molecular flexibility index (Phi) is 5.35. The van der Waals surface area contributed by atoms with E-state index in [1.165, 1.54) is 0 Å². The normalized spacial score (nSPS) is 16.4. The molecule has 0 bridgehead atoms. The maximum Gasteiger partial charge on any atom is 0.254 e. The fourth-order valence-corrected chi connectivity index (χ4v) is 4.21. The summed E-state index contributed by atoms with van der Waals surface area (Å²) in [6, 6.07) is 23.3. The van der Waals surface area contributed by atoms with Crippen LogP contribution in [0, 0.1) is 0 Å². The maximum absolute atomic E-state index is 13.4. The summed E-state index contributed by atoms with van der Waals surface area (Å²) in [6.45, 7) is 1.75. The number of pyridine rings is 1. The number of hydrogen-bond donors (Lipinski definition) is 0. The lowest BCUT2D eigenvalue weighted by molar-refractivity contribution is 0.0701. The molecule has 4 aromatic rings. The molecule has 2 aromatic heterocycles. The third-order valence-corrected chi connectivity index (χ3v) is 5.80. The van der Waals surface area contributed by atoms with Gasteiger partial charge in [0.1, 0.15) is 18.2 Å². The van der Waals surface area contributed by atoms with Crippen LogP contribution in [0.2, 0.25) is 0 Å². The zero-order valence-corrected chi connectivity index (χ0v) is 17.2. The highest BCUT2D eigenvalue weighted by Crippen LogP contribution is 2.27. The molecule has 1 atom stereocenters. The second-order valence-electron chi connectivity index (χ2n) is 7.84. The molecular weight excluding hydrogens is 388 g/mol. The van der Waals surface area contributed by atoms with E-state index in [1.54, 1.807) is 0 Å². The van der Waals surface area contributed by atoms with E-state index in [4.69, 9.17) is 4.74 Å². The van der Waals surface area contributed by atoms with Gasteiger partial charge < -0.3 is 9.64 Å². The summed E-state index contributed by atoms with van der Waals surface area (Å²) in [5, 5.41) is 8.70. The molecular formula is C25H24N4O2. The van der Waals surface area contributed by atoms with Crippen molar-refractivity contribution in [3.05, 3.63) is 95.9 Å². The number of carbonyl (C=O) groups is 1. The number of fused-ring (bicyclic) bond motifs is 1. The Labute approximate surface area is 181 Å². The fraction of sp³-hybridized carbons (Fsp3) is 0.240. The van der Waals surface area contributed by atoms with Crippen LogP contribution in [-0.2, 0) is 6.61 Å². The van der Waals surface area contributed by atoms with Crippen molar-refractivity contribution in [3.63, 3.8) is 0 Å². The van der Waals surface area contributed by atoms with E-state index in [0.717, 1.165) is 42.2 Å². The Morgan fingerprint density at radius 1 is 0.968 bits per heavy atom. The second kappa shape index (κ2) is 8.60. The van der Waals surface area contributed by atoms with Gasteiger partial charge >= 0.3 is 0 Å². The van der Waals surface area contributed by atoms with Crippen molar-refractivity contribution in [1.82, 2.24) is 19.5 Å². The second-order valence-corrected chi connectivity index (χ2v) is 7.84. The number of para-hydroxylation sites is 1. The zero-order valence-electron chi connectivity index (χ0n) is 17.2. The molecule has 0 aliphatic carbocycles. The predicted octanol–water partition coefficient (Wildman–Crippen LogP) is 4.33. The highest BCUT2D eigenvalue weighted by molar-refractivity contribution is 5.95. The molecule has 0 radical (unpaired) electrons. The van der Waals surface area contributed by atoms with E-state index >= 15 is 0 Å². The third-order valence-electron chi connectivity index (χ3n) is 5.80. The lowest BCUT2D eigenvalue weighted by Crippen LogP contribution is -2.40. The average Bonchev–Trinajstić information content (AvgIpc) is 3.27. The Morgan fingerprint density at radius 3 is 2.68 bits per heavy atom. The molecule has 1 aliphatic heterocycles. The van der Waals surface area contributed by atoms with Gasteiger partial charge in [-0.05, 0) is 43.2 Å². The smallest absolute Gasteiger partial charge is 0.254 e. The molecule has 0 saturated carbocycles. The van der Waals surface area contributed by atoms with Gasteiger partial charge in [0, 0.05) is 36.3 Å². The lowest BCUT2D eigenvalue weighted by atomic mass is 9.96. The zero-order chi connectivity index (χ0) is 21.0. The summed E-state index contributed by atoms with van der Waals surface area (Å²) in [4.78, 5) is 15.4. The summed E-state index contributed by atoms with van der Waals surface area (Å²) >= 11 is 0. The number of carbonyl (C=O) groups excluding carboxylic acids is 1. The van der Waals surface area contributed by atoms with Gasteiger partial charge in [0.25, 0.3) is 5.91 Å². The van der Waals surface area contributed by atoms with Crippen LogP contribution in [0.1, 0.15) is 40.5 Å². The Bertz CT molecular complexity index is 1190. The first-order valence-corrected chi connectivity index (χ1v) is 10.6. The van der Waals surface area contributed by atoms with Crippen molar-refractivity contribution in [2.45, 2.75) is 25.4 Å². The molecule has 1 fully saturated rings. The number of nitrogens with zero attached hydrogens (tertiary/aromatic N) is 4. The molecule has 31 heavy (non-hydrogen) atoms. The van der Waals surface area contributed by atoms with Crippen LogP contribution in [0.25, 0.3) is 5.65 Å². The van der Waals surface area contributed by atoms with E-state index in [2.05, 4.69) is 10.2 Å². The van der Waals surface area contributed by atoms with Gasteiger partial charge in [-0.15, -0.1) is 10.2 Å².